The predicted octanol–water partition coefficient (Wildman–Crippen LogP) is 4.74. The summed E-state index contributed by atoms with van der Waals surface area (Å²) < 4.78 is 18.3. The van der Waals surface area contributed by atoms with E-state index >= 15 is 0 Å². The van der Waals surface area contributed by atoms with Crippen molar-refractivity contribution >= 4 is 31.2 Å². The van der Waals surface area contributed by atoms with Crippen LogP contribution in [0.5, 0.6) is 0 Å². The first-order valence-corrected chi connectivity index (χ1v) is 17.5. The Morgan fingerprint density at radius 3 is 1.64 bits per heavy atom. The molecule has 0 bridgehead atoms. The Morgan fingerprint density at radius 1 is 0.909 bits per heavy atom. The minimum Gasteiger partial charge on any atom is -0.465 e. The second kappa shape index (κ2) is 7.74. The fourth-order valence-corrected chi connectivity index (χ4v) is 14.3. The molecule has 132 valence electrons. The van der Waals surface area contributed by atoms with Gasteiger partial charge in [0.15, 0.2) is 16.6 Å². The van der Waals surface area contributed by atoms with Gasteiger partial charge in [-0.15, -0.1) is 0 Å². The number of hydrogen-bond donors (Lipinski definition) is 0. The molecule has 0 heterocycles. The second-order valence-electron chi connectivity index (χ2n) is 8.69. The van der Waals surface area contributed by atoms with Crippen LogP contribution in [0, 0.1) is 5.41 Å². The van der Waals surface area contributed by atoms with E-state index in [4.69, 9.17) is 13.0 Å². The molecule has 7 heteroatoms. The summed E-state index contributed by atoms with van der Waals surface area (Å²) in [7, 11) is -5.70. The van der Waals surface area contributed by atoms with Gasteiger partial charge in [0.2, 0.25) is 0 Å². The Balaban J connectivity index is 4.77. The van der Waals surface area contributed by atoms with E-state index in [0.717, 1.165) is 6.42 Å². The van der Waals surface area contributed by atoms with Crippen LogP contribution in [0.15, 0.2) is 0 Å². The Hall–Kier alpha value is 0.0406. The number of ether oxygens (including phenoxy) is 1. The molecule has 0 saturated carbocycles. The summed E-state index contributed by atoms with van der Waals surface area (Å²) in [6.45, 7) is 21.4. The zero-order chi connectivity index (χ0) is 17.8. The molecule has 0 saturated heterocycles. The molecule has 0 radical (unpaired) electrons. The molecule has 22 heavy (non-hydrogen) atoms. The first kappa shape index (κ1) is 22.0. The van der Waals surface area contributed by atoms with Gasteiger partial charge in [0.25, 0.3) is 0 Å². The van der Waals surface area contributed by atoms with Gasteiger partial charge in [-0.1, -0.05) is 6.92 Å². The predicted molar refractivity (Wildman–Crippen MR) is 100 cm³/mol. The van der Waals surface area contributed by atoms with Crippen LogP contribution in [-0.4, -0.2) is 37.8 Å². The highest BCUT2D eigenvalue weighted by molar-refractivity contribution is 6.87. The molecule has 4 nitrogen and oxygen atoms in total. The normalized spacial score (nSPS) is 14.1. The zero-order valence-electron chi connectivity index (χ0n) is 16.3. The molecule has 0 amide bonds. The SMILES string of the molecule is CCC(C)(C)C(=O)OCC[Si](C)(O[Si](C)(C)C)O[Si](C)(C)C. The molecule has 0 aromatic rings. The fraction of sp³-hybridized carbons (Fsp3) is 0.933. The minimum absolute atomic E-state index is 0.132. The van der Waals surface area contributed by atoms with Crippen LogP contribution in [0.1, 0.15) is 27.2 Å². The zero-order valence-corrected chi connectivity index (χ0v) is 19.3. The Labute approximate surface area is 140 Å². The van der Waals surface area contributed by atoms with Gasteiger partial charge in [0, 0.05) is 6.04 Å². The van der Waals surface area contributed by atoms with Crippen molar-refractivity contribution in [3.63, 3.8) is 0 Å². The lowest BCUT2D eigenvalue weighted by Crippen LogP contribution is -2.53. The maximum atomic E-state index is 12.1. The second-order valence-corrected chi connectivity index (χ2v) is 21.5. The molecule has 0 aliphatic rings. The van der Waals surface area contributed by atoms with Crippen molar-refractivity contribution in [3.05, 3.63) is 0 Å². The van der Waals surface area contributed by atoms with Crippen molar-refractivity contribution in [2.24, 2.45) is 5.41 Å². The van der Waals surface area contributed by atoms with Gasteiger partial charge in [-0.05, 0) is 66.1 Å². The van der Waals surface area contributed by atoms with Crippen molar-refractivity contribution in [1.29, 1.82) is 0 Å². The van der Waals surface area contributed by atoms with E-state index in [1.807, 2.05) is 20.8 Å². The molecule has 0 atom stereocenters. The van der Waals surface area contributed by atoms with Gasteiger partial charge in [-0.25, -0.2) is 0 Å². The maximum absolute atomic E-state index is 12.1. The van der Waals surface area contributed by atoms with E-state index < -0.39 is 30.6 Å². The van der Waals surface area contributed by atoms with E-state index in [1.54, 1.807) is 0 Å². The summed E-state index contributed by atoms with van der Waals surface area (Å²) >= 11 is 0. The number of hydrogen-bond acceptors (Lipinski definition) is 4. The van der Waals surface area contributed by atoms with Gasteiger partial charge >= 0.3 is 14.5 Å². The molecule has 0 aromatic heterocycles. The van der Waals surface area contributed by atoms with Gasteiger partial charge < -0.3 is 13.0 Å². The smallest absolute Gasteiger partial charge is 0.317 e. The molecule has 0 rings (SSSR count). The Morgan fingerprint density at radius 2 is 1.32 bits per heavy atom. The summed E-state index contributed by atoms with van der Waals surface area (Å²) in [4.78, 5) is 12.1. The highest BCUT2D eigenvalue weighted by Crippen LogP contribution is 2.26. The fourth-order valence-electron chi connectivity index (χ4n) is 2.09. The minimum atomic E-state index is -2.31. The van der Waals surface area contributed by atoms with E-state index in [0.29, 0.717) is 12.7 Å². The van der Waals surface area contributed by atoms with E-state index in [1.165, 1.54) is 0 Å². The van der Waals surface area contributed by atoms with Crippen LogP contribution in [0.4, 0.5) is 0 Å². The maximum Gasteiger partial charge on any atom is 0.317 e. The summed E-state index contributed by atoms with van der Waals surface area (Å²) in [6.07, 6.45) is 0.775. The molecule has 0 spiro atoms. The third kappa shape index (κ3) is 9.24. The standard InChI is InChI=1S/C15H36O4Si3/c1-11-15(2,3)14(16)17-12-13-22(10,18-20(4,5)6)19-21(7,8)9/h11-13H2,1-10H3. The molecule has 0 unspecified atom stereocenters. The highest BCUT2D eigenvalue weighted by atomic mass is 28.5. The first-order chi connectivity index (χ1) is 9.60. The van der Waals surface area contributed by atoms with Gasteiger partial charge in [0.1, 0.15) is 0 Å². The topological polar surface area (TPSA) is 44.8 Å². The average molecular weight is 365 g/mol. The monoisotopic (exact) mass is 364 g/mol. The average Bonchev–Trinajstić information content (AvgIpc) is 2.23. The molecular weight excluding hydrogens is 328 g/mol. The van der Waals surface area contributed by atoms with Crippen LogP contribution in [0.2, 0.25) is 51.9 Å². The van der Waals surface area contributed by atoms with Gasteiger partial charge in [-0.3, -0.25) is 4.79 Å². The van der Waals surface area contributed by atoms with Crippen LogP contribution in [0.25, 0.3) is 0 Å². The lowest BCUT2D eigenvalue weighted by atomic mass is 9.91. The molecule has 0 fully saturated rings. The van der Waals surface area contributed by atoms with Gasteiger partial charge in [0.05, 0.1) is 12.0 Å². The molecular formula is C15H36O4Si3. The summed E-state index contributed by atoms with van der Waals surface area (Å²) in [6, 6.07) is 0.701. The molecule has 0 aliphatic heterocycles. The third-order valence-corrected chi connectivity index (χ3v) is 12.7. The highest BCUT2D eigenvalue weighted by Gasteiger charge is 2.40. The van der Waals surface area contributed by atoms with E-state index in [2.05, 4.69) is 45.8 Å². The van der Waals surface area contributed by atoms with Crippen LogP contribution >= 0.6 is 0 Å². The molecule has 0 aliphatic carbocycles. The van der Waals surface area contributed by atoms with Crippen molar-refractivity contribution in [1.82, 2.24) is 0 Å². The Kier molecular flexibility index (Phi) is 7.76. The van der Waals surface area contributed by atoms with Crippen molar-refractivity contribution < 1.29 is 17.8 Å². The number of rotatable bonds is 9. The van der Waals surface area contributed by atoms with Crippen molar-refractivity contribution in [3.8, 4) is 0 Å². The quantitative estimate of drug-likeness (QED) is 0.438. The Bertz CT molecular complexity index is 354. The number of carbonyl (C=O) groups excluding carboxylic acids is 1. The summed E-state index contributed by atoms with van der Waals surface area (Å²) in [5.41, 5.74) is -0.419. The lowest BCUT2D eigenvalue weighted by Gasteiger charge is -2.38. The summed E-state index contributed by atoms with van der Waals surface area (Å²) in [5.74, 6) is -0.132. The van der Waals surface area contributed by atoms with E-state index in [-0.39, 0.29) is 5.97 Å². The third-order valence-electron chi connectivity index (χ3n) is 3.27. The first-order valence-electron chi connectivity index (χ1n) is 8.18. The van der Waals surface area contributed by atoms with Crippen molar-refractivity contribution in [2.45, 2.75) is 79.1 Å². The van der Waals surface area contributed by atoms with Crippen LogP contribution in [-0.2, 0) is 17.8 Å². The van der Waals surface area contributed by atoms with Crippen LogP contribution in [0.3, 0.4) is 0 Å². The molecule has 0 N–H and O–H groups in total. The lowest BCUT2D eigenvalue weighted by molar-refractivity contribution is -0.153. The van der Waals surface area contributed by atoms with E-state index in [9.17, 15) is 4.79 Å². The largest absolute Gasteiger partial charge is 0.465 e. The van der Waals surface area contributed by atoms with Gasteiger partial charge in [-0.2, -0.15) is 0 Å². The van der Waals surface area contributed by atoms with Crippen molar-refractivity contribution in [2.75, 3.05) is 6.61 Å². The summed E-state index contributed by atoms with van der Waals surface area (Å²) in [5, 5.41) is 0. The molecule has 0 aromatic carbocycles. The van der Waals surface area contributed by atoms with Crippen LogP contribution < -0.4 is 0 Å². The number of carbonyl (C=O) groups is 1. The number of esters is 1.